The summed E-state index contributed by atoms with van der Waals surface area (Å²) in [7, 11) is 0. The summed E-state index contributed by atoms with van der Waals surface area (Å²) in [5.74, 6) is 0.915. The maximum Gasteiger partial charge on any atom is 0.252 e. The minimum Gasteiger partial charge on any atom is -0.493 e. The number of nitrogens with zero attached hydrogens (tertiary/aromatic N) is 3. The van der Waals surface area contributed by atoms with Crippen LogP contribution in [0.2, 0.25) is 0 Å². The molecule has 0 saturated carbocycles. The van der Waals surface area contributed by atoms with Crippen LogP contribution in [0.4, 0.5) is 0 Å². The highest BCUT2D eigenvalue weighted by atomic mass is 16.5. The van der Waals surface area contributed by atoms with Crippen molar-refractivity contribution in [1.82, 2.24) is 14.3 Å². The lowest BCUT2D eigenvalue weighted by Crippen LogP contribution is -2.23. The first kappa shape index (κ1) is 18.2. The van der Waals surface area contributed by atoms with Gasteiger partial charge in [-0.1, -0.05) is 12.1 Å². The molecule has 26 heavy (non-hydrogen) atoms. The van der Waals surface area contributed by atoms with E-state index in [4.69, 9.17) is 4.74 Å². The monoisotopic (exact) mass is 353 g/mol. The van der Waals surface area contributed by atoms with Crippen LogP contribution in [-0.4, -0.2) is 21.0 Å². The van der Waals surface area contributed by atoms with Gasteiger partial charge in [-0.25, -0.2) is 4.68 Å². The predicted molar refractivity (Wildman–Crippen MR) is 105 cm³/mol. The summed E-state index contributed by atoms with van der Waals surface area (Å²) in [6.07, 6.45) is 2.61. The van der Waals surface area contributed by atoms with Crippen molar-refractivity contribution < 1.29 is 4.74 Å². The molecule has 138 valence electrons. The van der Waals surface area contributed by atoms with Crippen LogP contribution in [0.25, 0.3) is 11.0 Å². The maximum absolute atomic E-state index is 12.6. The molecular formula is C21H27N3O2. The molecule has 3 rings (SSSR count). The number of aryl methyl sites for hydroxylation is 4. The SMILES string of the molecule is Cc1ccc(C)c(OCCCn2c(=O)cc(C)c3cnn(C(C)C)c32)c1. The third-order valence-corrected chi connectivity index (χ3v) is 4.67. The number of aromatic nitrogens is 3. The molecule has 0 spiro atoms. The average molecular weight is 353 g/mol. The standard InChI is InChI=1S/C21H27N3O2/c1-14(2)24-21-18(13-22-24)17(5)12-20(25)23(21)9-6-10-26-19-11-15(3)7-8-16(19)4/h7-8,11-14H,6,9-10H2,1-5H3. The van der Waals surface area contributed by atoms with E-state index in [1.165, 1.54) is 5.56 Å². The van der Waals surface area contributed by atoms with Crippen LogP contribution in [0.3, 0.4) is 0 Å². The van der Waals surface area contributed by atoms with Crippen molar-refractivity contribution >= 4 is 11.0 Å². The van der Waals surface area contributed by atoms with E-state index in [9.17, 15) is 4.79 Å². The fourth-order valence-electron chi connectivity index (χ4n) is 3.21. The van der Waals surface area contributed by atoms with E-state index in [2.05, 4.69) is 44.1 Å². The van der Waals surface area contributed by atoms with Crippen LogP contribution in [0.15, 0.2) is 35.3 Å². The average Bonchev–Trinajstić information content (AvgIpc) is 3.02. The molecule has 0 radical (unpaired) electrons. The Labute approximate surface area is 154 Å². The van der Waals surface area contributed by atoms with Crippen LogP contribution in [0, 0.1) is 20.8 Å². The Bertz CT molecular complexity index is 983. The summed E-state index contributed by atoms with van der Waals surface area (Å²) in [5.41, 5.74) is 4.20. The van der Waals surface area contributed by atoms with Crippen molar-refractivity contribution in [2.24, 2.45) is 0 Å². The smallest absolute Gasteiger partial charge is 0.252 e. The van der Waals surface area contributed by atoms with Crippen molar-refractivity contribution in [2.45, 2.75) is 53.6 Å². The molecule has 2 aromatic heterocycles. The van der Waals surface area contributed by atoms with Crippen molar-refractivity contribution in [3.8, 4) is 5.75 Å². The van der Waals surface area contributed by atoms with E-state index in [1.54, 1.807) is 6.07 Å². The lowest BCUT2D eigenvalue weighted by Gasteiger charge is -2.15. The number of ether oxygens (including phenoxy) is 1. The molecular weight excluding hydrogens is 326 g/mol. The van der Waals surface area contributed by atoms with Crippen LogP contribution in [0.5, 0.6) is 5.75 Å². The molecule has 0 bridgehead atoms. The Kier molecular flexibility index (Phi) is 5.16. The number of fused-ring (bicyclic) bond motifs is 1. The first-order valence-electron chi connectivity index (χ1n) is 9.16. The molecule has 0 saturated heterocycles. The highest BCUT2D eigenvalue weighted by molar-refractivity contribution is 5.78. The molecule has 1 aromatic carbocycles. The second kappa shape index (κ2) is 7.36. The fraction of sp³-hybridized carbons (Fsp3) is 0.429. The summed E-state index contributed by atoms with van der Waals surface area (Å²) in [6.45, 7) is 11.4. The van der Waals surface area contributed by atoms with Gasteiger partial charge < -0.3 is 4.74 Å². The molecule has 0 aliphatic heterocycles. The third kappa shape index (κ3) is 3.52. The molecule has 0 amide bonds. The number of hydrogen-bond donors (Lipinski definition) is 0. The van der Waals surface area contributed by atoms with Gasteiger partial charge in [0, 0.05) is 24.0 Å². The molecule has 0 N–H and O–H groups in total. The van der Waals surface area contributed by atoms with Gasteiger partial charge in [-0.15, -0.1) is 0 Å². The summed E-state index contributed by atoms with van der Waals surface area (Å²) >= 11 is 0. The van der Waals surface area contributed by atoms with Crippen molar-refractivity contribution in [3.05, 3.63) is 57.5 Å². The molecule has 3 aromatic rings. The van der Waals surface area contributed by atoms with Gasteiger partial charge in [-0.05, 0) is 63.8 Å². The number of hydrogen-bond acceptors (Lipinski definition) is 3. The van der Waals surface area contributed by atoms with Crippen molar-refractivity contribution in [2.75, 3.05) is 6.61 Å². The predicted octanol–water partition coefficient (Wildman–Crippen LogP) is 4.17. The lowest BCUT2D eigenvalue weighted by atomic mass is 10.1. The Morgan fingerprint density at radius 3 is 2.62 bits per heavy atom. The minimum absolute atomic E-state index is 0.0177. The lowest BCUT2D eigenvalue weighted by molar-refractivity contribution is 0.299. The fourth-order valence-corrected chi connectivity index (χ4v) is 3.21. The van der Waals surface area contributed by atoms with E-state index in [0.29, 0.717) is 13.2 Å². The second-order valence-corrected chi connectivity index (χ2v) is 7.21. The van der Waals surface area contributed by atoms with Gasteiger partial charge in [0.1, 0.15) is 11.4 Å². The highest BCUT2D eigenvalue weighted by Crippen LogP contribution is 2.21. The Morgan fingerprint density at radius 1 is 1.12 bits per heavy atom. The van der Waals surface area contributed by atoms with Crippen LogP contribution < -0.4 is 10.3 Å². The summed E-state index contributed by atoms with van der Waals surface area (Å²) in [5, 5.41) is 5.52. The first-order chi connectivity index (χ1) is 12.4. The van der Waals surface area contributed by atoms with E-state index in [1.807, 2.05) is 29.3 Å². The summed E-state index contributed by atoms with van der Waals surface area (Å²) < 4.78 is 9.68. The van der Waals surface area contributed by atoms with Crippen LogP contribution in [-0.2, 0) is 6.54 Å². The third-order valence-electron chi connectivity index (χ3n) is 4.67. The molecule has 0 aliphatic carbocycles. The summed E-state index contributed by atoms with van der Waals surface area (Å²) in [4.78, 5) is 12.6. The van der Waals surface area contributed by atoms with E-state index in [-0.39, 0.29) is 11.6 Å². The molecule has 5 nitrogen and oxygen atoms in total. The summed E-state index contributed by atoms with van der Waals surface area (Å²) in [6, 6.07) is 8.10. The molecule has 0 unspecified atom stereocenters. The van der Waals surface area contributed by atoms with Crippen LogP contribution >= 0.6 is 0 Å². The quantitative estimate of drug-likeness (QED) is 0.625. The highest BCUT2D eigenvalue weighted by Gasteiger charge is 2.14. The van der Waals surface area contributed by atoms with Gasteiger partial charge in [0.25, 0.3) is 5.56 Å². The molecule has 0 aliphatic rings. The van der Waals surface area contributed by atoms with Crippen molar-refractivity contribution in [1.29, 1.82) is 0 Å². The topological polar surface area (TPSA) is 49.1 Å². The normalized spacial score (nSPS) is 11.5. The minimum atomic E-state index is 0.0177. The zero-order valence-corrected chi connectivity index (χ0v) is 16.2. The largest absolute Gasteiger partial charge is 0.493 e. The maximum atomic E-state index is 12.6. The van der Waals surface area contributed by atoms with E-state index >= 15 is 0 Å². The van der Waals surface area contributed by atoms with E-state index < -0.39 is 0 Å². The number of benzene rings is 1. The zero-order chi connectivity index (χ0) is 18.8. The first-order valence-corrected chi connectivity index (χ1v) is 9.16. The Balaban J connectivity index is 1.80. The zero-order valence-electron chi connectivity index (χ0n) is 16.2. The molecule has 0 atom stereocenters. The van der Waals surface area contributed by atoms with Gasteiger partial charge >= 0.3 is 0 Å². The Hall–Kier alpha value is -2.56. The van der Waals surface area contributed by atoms with Gasteiger partial charge in [-0.2, -0.15) is 5.10 Å². The Morgan fingerprint density at radius 2 is 1.88 bits per heavy atom. The van der Waals surface area contributed by atoms with Crippen molar-refractivity contribution in [3.63, 3.8) is 0 Å². The van der Waals surface area contributed by atoms with Crippen LogP contribution in [0.1, 0.15) is 43.0 Å². The molecule has 5 heteroatoms. The van der Waals surface area contributed by atoms with Gasteiger partial charge in [-0.3, -0.25) is 9.36 Å². The number of pyridine rings is 1. The van der Waals surface area contributed by atoms with E-state index in [0.717, 1.165) is 34.3 Å². The number of rotatable bonds is 6. The van der Waals surface area contributed by atoms with Gasteiger partial charge in [0.05, 0.1) is 12.8 Å². The second-order valence-electron chi connectivity index (χ2n) is 7.21. The molecule has 0 fully saturated rings. The van der Waals surface area contributed by atoms with Gasteiger partial charge in [0.2, 0.25) is 0 Å². The molecule has 2 heterocycles. The van der Waals surface area contributed by atoms with Gasteiger partial charge in [0.15, 0.2) is 0 Å².